The Labute approximate surface area is 271 Å². The first kappa shape index (κ1) is 35.4. The number of aliphatic hydroxyl groups excluding tert-OH is 3. The summed E-state index contributed by atoms with van der Waals surface area (Å²) in [5.74, 6) is 1.08. The monoisotopic (exact) mass is 728 g/mol. The van der Waals surface area contributed by atoms with E-state index in [4.69, 9.17) is 23.7 Å². The van der Waals surface area contributed by atoms with Gasteiger partial charge in [0, 0.05) is 31.7 Å². The molecule has 4 N–H and O–H groups in total. The van der Waals surface area contributed by atoms with Crippen molar-refractivity contribution in [3.63, 3.8) is 0 Å². The number of carbonyl (C=O) groups excluding carboxylic acids is 2. The lowest BCUT2D eigenvalue weighted by Crippen LogP contribution is -2.56. The second-order valence-corrected chi connectivity index (χ2v) is 11.1. The lowest BCUT2D eigenvalue weighted by molar-refractivity contribution is -0.143. The first-order chi connectivity index (χ1) is 21.2. The maximum absolute atomic E-state index is 13.6. The predicted octanol–water partition coefficient (Wildman–Crippen LogP) is 1.83. The molecule has 242 valence electrons. The fourth-order valence-electron chi connectivity index (χ4n) is 4.96. The van der Waals surface area contributed by atoms with E-state index in [2.05, 4.69) is 5.32 Å². The summed E-state index contributed by atoms with van der Waals surface area (Å²) < 4.78 is 28.8. The normalized spacial score (nSPS) is 17.8. The van der Waals surface area contributed by atoms with Gasteiger partial charge in [0.1, 0.15) is 30.3 Å². The number of hydrogen-bond donors (Lipinski definition) is 4. The molecular formula is C31H41IN2O10. The van der Waals surface area contributed by atoms with E-state index in [9.17, 15) is 24.9 Å². The van der Waals surface area contributed by atoms with Crippen LogP contribution in [0.4, 0.5) is 0 Å². The minimum Gasteiger partial charge on any atom is -0.497 e. The van der Waals surface area contributed by atoms with E-state index in [1.165, 1.54) is 18.1 Å². The van der Waals surface area contributed by atoms with Gasteiger partial charge in [-0.2, -0.15) is 0 Å². The molecule has 3 atom stereocenters. The number of rotatable bonds is 16. The molecule has 2 aromatic carbocycles. The van der Waals surface area contributed by atoms with Gasteiger partial charge in [0.25, 0.3) is 0 Å². The van der Waals surface area contributed by atoms with E-state index >= 15 is 0 Å². The van der Waals surface area contributed by atoms with Crippen molar-refractivity contribution in [2.45, 2.75) is 44.6 Å². The van der Waals surface area contributed by atoms with Gasteiger partial charge >= 0.3 is 0 Å². The first-order valence-electron chi connectivity index (χ1n) is 14.2. The third-order valence-electron chi connectivity index (χ3n) is 7.20. The molecule has 0 aromatic heterocycles. The Bertz CT molecular complexity index is 1300. The minimum atomic E-state index is -1.25. The summed E-state index contributed by atoms with van der Waals surface area (Å²) in [5, 5.41) is 33.3. The molecule has 3 unspecified atom stereocenters. The molecule has 0 saturated heterocycles. The topological polar surface area (TPSA) is 156 Å². The zero-order valence-corrected chi connectivity index (χ0v) is 27.5. The van der Waals surface area contributed by atoms with E-state index < -0.39 is 24.2 Å². The molecule has 0 saturated carbocycles. The largest absolute Gasteiger partial charge is 0.497 e. The Balaban J connectivity index is 2.02. The quantitative estimate of drug-likeness (QED) is 0.188. The Hall–Kier alpha value is -3.11. The van der Waals surface area contributed by atoms with Crippen LogP contribution in [-0.2, 0) is 27.4 Å². The lowest BCUT2D eigenvalue weighted by atomic mass is 9.88. The Kier molecular flexibility index (Phi) is 14.0. The minimum absolute atomic E-state index is 0.0308. The van der Waals surface area contributed by atoms with Crippen molar-refractivity contribution in [1.29, 1.82) is 0 Å². The summed E-state index contributed by atoms with van der Waals surface area (Å²) in [6.45, 7) is 1.63. The van der Waals surface area contributed by atoms with Gasteiger partial charge in [-0.05, 0) is 83.5 Å². The van der Waals surface area contributed by atoms with Gasteiger partial charge < -0.3 is 49.2 Å². The van der Waals surface area contributed by atoms with Crippen LogP contribution in [0.2, 0.25) is 0 Å². The Morgan fingerprint density at radius 2 is 1.82 bits per heavy atom. The molecule has 1 aliphatic rings. The third kappa shape index (κ3) is 8.97. The molecule has 0 radical (unpaired) electrons. The standard InChI is InChI=1S/C31H41IN2O10/c1-5-43-18-28(37)34(10-8-20-14-22(40-2)6-7-25(20)41-3)24-15-21(31(39)33-9-11-35)16-26(29(24)38)44-30-23(32)12-19(17-36)13-27(30)42-4/h6-7,12-14,16,24,26,29,35-36,38H,5,8-11,15,17-18H2,1-4H3,(H,33,39). The number of halogens is 1. The van der Waals surface area contributed by atoms with Crippen molar-refractivity contribution in [1.82, 2.24) is 10.2 Å². The zero-order chi connectivity index (χ0) is 32.2. The number of carbonyl (C=O) groups is 2. The third-order valence-corrected chi connectivity index (χ3v) is 8.00. The van der Waals surface area contributed by atoms with E-state index in [-0.39, 0.29) is 50.8 Å². The summed E-state index contributed by atoms with van der Waals surface area (Å²) in [6, 6.07) is 7.86. The van der Waals surface area contributed by atoms with Crippen LogP contribution >= 0.6 is 22.6 Å². The summed E-state index contributed by atoms with van der Waals surface area (Å²) in [7, 11) is 4.58. The van der Waals surface area contributed by atoms with Crippen molar-refractivity contribution in [3.8, 4) is 23.0 Å². The Morgan fingerprint density at radius 1 is 1.07 bits per heavy atom. The molecule has 2 amide bonds. The second kappa shape index (κ2) is 17.4. The van der Waals surface area contributed by atoms with Crippen LogP contribution in [0.1, 0.15) is 24.5 Å². The SMILES string of the molecule is CCOCC(=O)N(CCc1cc(OC)ccc1OC)C1CC(C(=O)NCCO)=CC(Oc2c(I)cc(CO)cc2OC)C1O. The van der Waals surface area contributed by atoms with Crippen LogP contribution in [0, 0.1) is 3.57 Å². The van der Waals surface area contributed by atoms with Crippen LogP contribution in [0.15, 0.2) is 42.0 Å². The van der Waals surface area contributed by atoms with Gasteiger partial charge in [-0.25, -0.2) is 0 Å². The van der Waals surface area contributed by atoms with Crippen molar-refractivity contribution < 1.29 is 48.6 Å². The second-order valence-electron chi connectivity index (χ2n) is 9.94. The molecule has 0 heterocycles. The Morgan fingerprint density at radius 3 is 2.45 bits per heavy atom. The molecular weight excluding hydrogens is 687 g/mol. The van der Waals surface area contributed by atoms with Crippen molar-refractivity contribution in [2.24, 2.45) is 0 Å². The molecule has 3 rings (SSSR count). The van der Waals surface area contributed by atoms with E-state index in [1.807, 2.05) is 28.7 Å². The first-order valence-corrected chi connectivity index (χ1v) is 15.3. The maximum Gasteiger partial charge on any atom is 0.248 e. The molecule has 1 aliphatic carbocycles. The highest BCUT2D eigenvalue weighted by Gasteiger charge is 2.41. The molecule has 0 bridgehead atoms. The van der Waals surface area contributed by atoms with Gasteiger partial charge in [-0.3, -0.25) is 9.59 Å². The summed E-state index contributed by atoms with van der Waals surface area (Å²) in [6.07, 6.45) is -0.389. The van der Waals surface area contributed by atoms with Crippen molar-refractivity contribution in [2.75, 3.05) is 54.2 Å². The number of aliphatic hydroxyl groups is 3. The summed E-state index contributed by atoms with van der Waals surface area (Å²) in [5.41, 5.74) is 1.69. The smallest absolute Gasteiger partial charge is 0.248 e. The van der Waals surface area contributed by atoms with Crippen molar-refractivity contribution >= 4 is 34.4 Å². The van der Waals surface area contributed by atoms with E-state index in [0.717, 1.165) is 5.56 Å². The van der Waals surface area contributed by atoms with Gasteiger partial charge in [-0.15, -0.1) is 0 Å². The highest BCUT2D eigenvalue weighted by molar-refractivity contribution is 14.1. The maximum atomic E-state index is 13.6. The highest BCUT2D eigenvalue weighted by Crippen LogP contribution is 2.37. The zero-order valence-electron chi connectivity index (χ0n) is 25.4. The average Bonchev–Trinajstić information content (AvgIpc) is 3.04. The van der Waals surface area contributed by atoms with Gasteiger partial charge in [-0.1, -0.05) is 0 Å². The number of ether oxygens (including phenoxy) is 5. The molecule has 0 aliphatic heterocycles. The number of nitrogens with zero attached hydrogens (tertiary/aromatic N) is 1. The van der Waals surface area contributed by atoms with E-state index in [1.54, 1.807) is 45.4 Å². The van der Waals surface area contributed by atoms with Gasteiger partial charge in [0.15, 0.2) is 11.5 Å². The molecule has 13 heteroatoms. The summed E-state index contributed by atoms with van der Waals surface area (Å²) >= 11 is 2.05. The molecule has 2 aromatic rings. The number of hydrogen-bond acceptors (Lipinski definition) is 10. The molecule has 12 nitrogen and oxygen atoms in total. The summed E-state index contributed by atoms with van der Waals surface area (Å²) in [4.78, 5) is 28.2. The van der Waals surface area contributed by atoms with Crippen LogP contribution in [0.5, 0.6) is 23.0 Å². The molecule has 44 heavy (non-hydrogen) atoms. The predicted molar refractivity (Wildman–Crippen MR) is 170 cm³/mol. The fourth-order valence-corrected chi connectivity index (χ4v) is 5.75. The molecule has 0 spiro atoms. The number of methoxy groups -OCH3 is 3. The van der Waals surface area contributed by atoms with Crippen LogP contribution in [0.25, 0.3) is 0 Å². The number of benzene rings is 2. The van der Waals surface area contributed by atoms with Crippen LogP contribution < -0.4 is 24.3 Å². The average molecular weight is 729 g/mol. The number of nitrogens with one attached hydrogen (secondary N) is 1. The number of amides is 2. The molecule has 0 fully saturated rings. The highest BCUT2D eigenvalue weighted by atomic mass is 127. The van der Waals surface area contributed by atoms with Gasteiger partial charge in [0.2, 0.25) is 11.8 Å². The fraction of sp³-hybridized carbons (Fsp3) is 0.484. The lowest BCUT2D eigenvalue weighted by Gasteiger charge is -2.40. The van der Waals surface area contributed by atoms with Crippen LogP contribution in [-0.4, -0.2) is 105 Å². The van der Waals surface area contributed by atoms with Gasteiger partial charge in [0.05, 0.1) is 44.2 Å². The van der Waals surface area contributed by atoms with E-state index in [0.29, 0.717) is 45.2 Å². The van der Waals surface area contributed by atoms with Crippen LogP contribution in [0.3, 0.4) is 0 Å². The van der Waals surface area contributed by atoms with Crippen molar-refractivity contribution in [3.05, 3.63) is 56.7 Å².